The molecule has 4 heteroatoms. The van der Waals surface area contributed by atoms with Crippen LogP contribution in [0, 0.1) is 0 Å². The molecule has 0 N–H and O–H groups in total. The van der Waals surface area contributed by atoms with E-state index in [4.69, 9.17) is 2.69 Å². The summed E-state index contributed by atoms with van der Waals surface area (Å²) >= 11 is 0.633. The van der Waals surface area contributed by atoms with Crippen LogP contribution in [0.25, 0.3) is 0 Å². The Labute approximate surface area is 59.8 Å². The summed E-state index contributed by atoms with van der Waals surface area (Å²) in [5.74, 6) is 0. The van der Waals surface area contributed by atoms with Crippen molar-refractivity contribution in [2.75, 3.05) is 0 Å². The molecular formula is Cd2OS. The molecule has 4 heavy (non-hydrogen) atoms. The summed E-state index contributed by atoms with van der Waals surface area (Å²) in [5, 5.41) is 0. The van der Waals surface area contributed by atoms with E-state index < -0.39 is 0 Å². The van der Waals surface area contributed by atoms with Gasteiger partial charge in [-0.15, -0.1) is 0 Å². The van der Waals surface area contributed by atoms with Crippen LogP contribution in [0.5, 0.6) is 0 Å². The van der Waals surface area contributed by atoms with E-state index in [-0.39, 0.29) is 25.8 Å². The Balaban J connectivity index is 0. The van der Waals surface area contributed by atoms with E-state index in [0.29, 0.717) is 0 Å². The second-order valence-corrected chi connectivity index (χ2v) is 0. The fraction of sp³-hybridized carbons (Fsp3) is 0. The van der Waals surface area contributed by atoms with Crippen LogP contribution in [0.15, 0.2) is 0 Å². The van der Waals surface area contributed by atoms with Crippen molar-refractivity contribution >= 4 is 8.65 Å². The van der Waals surface area contributed by atoms with Gasteiger partial charge >= 0.3 is 60.8 Å². The van der Waals surface area contributed by atoms with Crippen molar-refractivity contribution in [3.63, 3.8) is 0 Å². The fourth-order valence-electron chi connectivity index (χ4n) is 0. The summed E-state index contributed by atoms with van der Waals surface area (Å²) in [6, 6.07) is 0. The van der Waals surface area contributed by atoms with Crippen LogP contribution in [0.4, 0.5) is 0 Å². The van der Waals surface area contributed by atoms with Crippen LogP contribution < -0.4 is 0 Å². The Morgan fingerprint density at radius 2 is 1.25 bits per heavy atom. The Kier molecular flexibility index (Phi) is 48.6. The molecule has 0 bridgehead atoms. The SMILES string of the molecule is [O]=[Cd].[S]=[Cd]. The molecule has 0 aromatic rings. The summed E-state index contributed by atoms with van der Waals surface area (Å²) in [6.45, 7) is 0. The zero-order valence-electron chi connectivity index (χ0n) is 2.23. The standard InChI is InChI=1S/2Cd.O.S. The van der Waals surface area contributed by atoms with E-state index in [2.05, 4.69) is 8.65 Å². The van der Waals surface area contributed by atoms with Gasteiger partial charge in [0.15, 0.2) is 0 Å². The maximum absolute atomic E-state index is 8.42. The first-order chi connectivity index (χ1) is 2.00. The van der Waals surface area contributed by atoms with Gasteiger partial charge in [0.25, 0.3) is 0 Å². The van der Waals surface area contributed by atoms with Crippen LogP contribution >= 0.6 is 8.65 Å². The van der Waals surface area contributed by atoms with Crippen molar-refractivity contribution in [3.05, 3.63) is 0 Å². The molecule has 0 heterocycles. The third-order valence-electron chi connectivity index (χ3n) is 0. The summed E-state index contributed by atoms with van der Waals surface area (Å²) in [4.78, 5) is 0. The summed E-state index contributed by atoms with van der Waals surface area (Å²) in [6.07, 6.45) is 0. The quantitative estimate of drug-likeness (QED) is 0.599. The first-order valence-electron chi connectivity index (χ1n) is 0.577. The molecule has 0 aliphatic heterocycles. The van der Waals surface area contributed by atoms with Gasteiger partial charge in [-0.1, -0.05) is 0 Å². The second kappa shape index (κ2) is 20.9. The molecule has 0 amide bonds. The first-order valence-corrected chi connectivity index (χ1v) is 7.75. The number of rotatable bonds is 0. The molecule has 0 atom stereocenters. The van der Waals surface area contributed by atoms with Crippen molar-refractivity contribution in [2.24, 2.45) is 0 Å². The van der Waals surface area contributed by atoms with Gasteiger partial charge in [0.05, 0.1) is 0 Å². The molecule has 0 radical (unpaired) electrons. The Hall–Kier alpha value is 1.86. The zero-order valence-corrected chi connectivity index (χ0v) is 11.1. The fourth-order valence-corrected chi connectivity index (χ4v) is 0. The van der Waals surface area contributed by atoms with Crippen LogP contribution in [-0.2, 0) is 52.2 Å². The second-order valence-electron chi connectivity index (χ2n) is 0. The van der Waals surface area contributed by atoms with Crippen molar-refractivity contribution in [2.45, 2.75) is 0 Å². The van der Waals surface area contributed by atoms with Gasteiger partial charge in [0, 0.05) is 0 Å². The minimum atomic E-state index is -0.1000. The average molecular weight is 273 g/mol. The van der Waals surface area contributed by atoms with Crippen LogP contribution in [0.1, 0.15) is 0 Å². The van der Waals surface area contributed by atoms with Gasteiger partial charge in [-0.2, -0.15) is 0 Å². The van der Waals surface area contributed by atoms with E-state index in [1.54, 1.807) is 0 Å². The van der Waals surface area contributed by atoms with Crippen LogP contribution in [-0.4, -0.2) is 0 Å². The average Bonchev–Trinajstić information content (AvgIpc) is 1.50. The third kappa shape index (κ3) is 9.12. The molecule has 0 spiro atoms. The third-order valence-corrected chi connectivity index (χ3v) is 0. The van der Waals surface area contributed by atoms with Gasteiger partial charge in [0.2, 0.25) is 0 Å². The summed E-state index contributed by atoms with van der Waals surface area (Å²) in [7, 11) is 4.25. The van der Waals surface area contributed by atoms with E-state index in [1.807, 2.05) is 0 Å². The van der Waals surface area contributed by atoms with Gasteiger partial charge in [-0.25, -0.2) is 0 Å². The first kappa shape index (κ1) is 9.29. The molecule has 0 aliphatic carbocycles. The summed E-state index contributed by atoms with van der Waals surface area (Å²) in [5.41, 5.74) is 0. The maximum atomic E-state index is 8.42. The molecule has 0 aromatic heterocycles. The minimum absolute atomic E-state index is 0.1000. The Morgan fingerprint density at radius 3 is 1.25 bits per heavy atom. The van der Waals surface area contributed by atoms with Crippen molar-refractivity contribution in [3.8, 4) is 0 Å². The van der Waals surface area contributed by atoms with Crippen LogP contribution in [0.2, 0.25) is 0 Å². The Morgan fingerprint density at radius 1 is 1.25 bits per heavy atom. The van der Waals surface area contributed by atoms with Gasteiger partial charge in [0.1, 0.15) is 0 Å². The van der Waals surface area contributed by atoms with E-state index >= 15 is 0 Å². The predicted octanol–water partition coefficient (Wildman–Crippen LogP) is 0.524. The van der Waals surface area contributed by atoms with Gasteiger partial charge in [-0.05, 0) is 0 Å². The van der Waals surface area contributed by atoms with Crippen molar-refractivity contribution < 1.29 is 52.2 Å². The summed E-state index contributed by atoms with van der Waals surface area (Å²) < 4.78 is 8.42. The number of hydrogen-bond donors (Lipinski definition) is 0. The molecule has 0 aromatic carbocycles. The van der Waals surface area contributed by atoms with Gasteiger partial charge < -0.3 is 0 Å². The molecule has 0 saturated carbocycles. The molecule has 0 aliphatic rings. The Bertz CT molecular complexity index is 8.00. The van der Waals surface area contributed by atoms with E-state index in [9.17, 15) is 0 Å². The van der Waals surface area contributed by atoms with E-state index in [0.717, 1.165) is 23.7 Å². The molecule has 0 unspecified atom stereocenters. The van der Waals surface area contributed by atoms with Crippen molar-refractivity contribution in [1.82, 2.24) is 0 Å². The topological polar surface area (TPSA) is 17.1 Å². The molecule has 0 rings (SSSR count). The zero-order chi connectivity index (χ0) is 4.00. The molecule has 0 saturated heterocycles. The molecule has 16 valence electrons. The van der Waals surface area contributed by atoms with Gasteiger partial charge in [-0.3, -0.25) is 0 Å². The number of hydrogen-bond acceptors (Lipinski definition) is 2. The predicted molar refractivity (Wildman–Crippen MR) is 8.28 cm³/mol. The van der Waals surface area contributed by atoms with Crippen LogP contribution in [0.3, 0.4) is 0 Å². The monoisotopic (exact) mass is 276 g/mol. The van der Waals surface area contributed by atoms with E-state index in [1.165, 1.54) is 0 Å². The molecule has 0 fully saturated rings. The molecular weight excluding hydrogens is 273 g/mol. The normalized spacial score (nSPS) is 3.00. The van der Waals surface area contributed by atoms with Crippen molar-refractivity contribution in [1.29, 1.82) is 0 Å². The molecule has 1 nitrogen and oxygen atoms in total.